The van der Waals surface area contributed by atoms with Gasteiger partial charge in [0.05, 0.1) is 0 Å². The van der Waals surface area contributed by atoms with E-state index in [1.54, 1.807) is 0 Å². The fourth-order valence-electron chi connectivity index (χ4n) is 2.24. The zero-order valence-electron chi connectivity index (χ0n) is 14.8. The number of hydrogen-bond donors (Lipinski definition) is 1. The van der Waals surface area contributed by atoms with Crippen molar-refractivity contribution in [2.24, 2.45) is 5.41 Å². The van der Waals surface area contributed by atoms with Crippen molar-refractivity contribution < 1.29 is 0 Å². The maximum Gasteiger partial charge on any atom is 0.0344 e. The van der Waals surface area contributed by atoms with Crippen molar-refractivity contribution in [1.82, 2.24) is 5.32 Å². The zero-order valence-corrected chi connectivity index (χ0v) is 14.8. The van der Waals surface area contributed by atoms with Gasteiger partial charge in [-0.1, -0.05) is 64.6 Å². The summed E-state index contributed by atoms with van der Waals surface area (Å²) in [6, 6.07) is 8.66. The molecule has 0 aliphatic rings. The molecular weight excluding hydrogens is 254 g/mol. The maximum absolute atomic E-state index is 4.17. The number of benzene rings is 1. The highest BCUT2D eigenvalue weighted by Crippen LogP contribution is 2.24. The van der Waals surface area contributed by atoms with Crippen LogP contribution in [0, 0.1) is 5.41 Å². The smallest absolute Gasteiger partial charge is 0.0344 e. The van der Waals surface area contributed by atoms with Crippen LogP contribution in [0.1, 0.15) is 66.0 Å². The standard InChI is InChI=1S/C20H31N/c1-9-20(7,8)21-16(3)18-12-10-17(11-13-18)15(2)14-19(4,5)6/h10-14,21H,3,9H2,1-2,4-8H3/b15-14+. The van der Waals surface area contributed by atoms with E-state index in [2.05, 4.69) is 90.7 Å². The van der Waals surface area contributed by atoms with Gasteiger partial charge in [0.15, 0.2) is 0 Å². The van der Waals surface area contributed by atoms with E-state index in [9.17, 15) is 0 Å². The van der Waals surface area contributed by atoms with Gasteiger partial charge in [0, 0.05) is 11.2 Å². The van der Waals surface area contributed by atoms with E-state index in [0.717, 1.165) is 17.7 Å². The Kier molecular flexibility index (Phi) is 5.44. The first-order chi connectivity index (χ1) is 9.54. The second kappa shape index (κ2) is 6.51. The molecule has 0 saturated heterocycles. The molecule has 0 spiro atoms. The maximum atomic E-state index is 4.17. The van der Waals surface area contributed by atoms with Gasteiger partial charge in [-0.25, -0.2) is 0 Å². The summed E-state index contributed by atoms with van der Waals surface area (Å²) >= 11 is 0. The molecular formula is C20H31N. The number of rotatable bonds is 5. The lowest BCUT2D eigenvalue weighted by atomic mass is 9.91. The predicted molar refractivity (Wildman–Crippen MR) is 96.1 cm³/mol. The van der Waals surface area contributed by atoms with Crippen LogP contribution in [0.5, 0.6) is 0 Å². The molecule has 0 heterocycles. The summed E-state index contributed by atoms with van der Waals surface area (Å²) in [5, 5.41) is 3.50. The first-order valence-electron chi connectivity index (χ1n) is 7.81. The first-order valence-corrected chi connectivity index (χ1v) is 7.81. The Bertz CT molecular complexity index is 510. The molecule has 1 heteroatoms. The monoisotopic (exact) mass is 285 g/mol. The Morgan fingerprint density at radius 2 is 1.52 bits per heavy atom. The molecule has 0 unspecified atom stereocenters. The summed E-state index contributed by atoms with van der Waals surface area (Å²) in [6.45, 7) is 19.6. The summed E-state index contributed by atoms with van der Waals surface area (Å²) in [5.74, 6) is 0. The highest BCUT2D eigenvalue weighted by Gasteiger charge is 2.15. The summed E-state index contributed by atoms with van der Waals surface area (Å²) in [6.07, 6.45) is 3.38. The lowest BCUT2D eigenvalue weighted by Crippen LogP contribution is -2.36. The molecule has 0 aliphatic heterocycles. The van der Waals surface area contributed by atoms with Crippen molar-refractivity contribution in [3.63, 3.8) is 0 Å². The minimum Gasteiger partial charge on any atom is -0.380 e. The third-order valence-corrected chi connectivity index (χ3v) is 3.71. The number of nitrogens with one attached hydrogen (secondary N) is 1. The van der Waals surface area contributed by atoms with Gasteiger partial charge in [0.1, 0.15) is 0 Å². The highest BCUT2D eigenvalue weighted by molar-refractivity contribution is 5.68. The Balaban J connectivity index is 2.88. The van der Waals surface area contributed by atoms with Crippen LogP contribution in [0.3, 0.4) is 0 Å². The average molecular weight is 285 g/mol. The summed E-state index contributed by atoms with van der Waals surface area (Å²) in [5.41, 5.74) is 5.03. The topological polar surface area (TPSA) is 12.0 Å². The van der Waals surface area contributed by atoms with Gasteiger partial charge in [-0.15, -0.1) is 0 Å². The molecule has 1 aromatic carbocycles. The van der Waals surface area contributed by atoms with Gasteiger partial charge in [-0.3, -0.25) is 0 Å². The minimum atomic E-state index is 0.0812. The van der Waals surface area contributed by atoms with Gasteiger partial charge in [0.2, 0.25) is 0 Å². The quantitative estimate of drug-likeness (QED) is 0.711. The molecule has 1 aromatic rings. The van der Waals surface area contributed by atoms with E-state index in [1.807, 2.05) is 0 Å². The van der Waals surface area contributed by atoms with Crippen molar-refractivity contribution >= 4 is 11.3 Å². The third kappa shape index (κ3) is 5.79. The molecule has 0 radical (unpaired) electrons. The molecule has 1 nitrogen and oxygen atoms in total. The molecule has 116 valence electrons. The van der Waals surface area contributed by atoms with Crippen LogP contribution in [0.2, 0.25) is 0 Å². The van der Waals surface area contributed by atoms with E-state index < -0.39 is 0 Å². The molecule has 0 bridgehead atoms. The van der Waals surface area contributed by atoms with Crippen LogP contribution < -0.4 is 5.32 Å². The minimum absolute atomic E-state index is 0.0812. The lowest BCUT2D eigenvalue weighted by Gasteiger charge is -2.27. The van der Waals surface area contributed by atoms with Gasteiger partial charge in [-0.05, 0) is 49.3 Å². The van der Waals surface area contributed by atoms with Crippen molar-refractivity contribution in [1.29, 1.82) is 0 Å². The second-order valence-electron chi connectivity index (χ2n) is 7.61. The summed E-state index contributed by atoms with van der Waals surface area (Å²) in [4.78, 5) is 0. The second-order valence-corrected chi connectivity index (χ2v) is 7.61. The van der Waals surface area contributed by atoms with Crippen molar-refractivity contribution in [3.05, 3.63) is 48.0 Å². The number of hydrogen-bond acceptors (Lipinski definition) is 1. The van der Waals surface area contributed by atoms with Gasteiger partial charge >= 0.3 is 0 Å². The van der Waals surface area contributed by atoms with Crippen LogP contribution in [0.4, 0.5) is 0 Å². The molecule has 0 fully saturated rings. The van der Waals surface area contributed by atoms with Gasteiger partial charge in [-0.2, -0.15) is 0 Å². The van der Waals surface area contributed by atoms with Crippen LogP contribution >= 0.6 is 0 Å². The molecule has 1 rings (SSSR count). The van der Waals surface area contributed by atoms with Crippen LogP contribution in [-0.2, 0) is 0 Å². The van der Waals surface area contributed by atoms with E-state index >= 15 is 0 Å². The van der Waals surface area contributed by atoms with Crippen molar-refractivity contribution in [2.45, 2.75) is 60.4 Å². The SMILES string of the molecule is C=C(NC(C)(C)CC)c1ccc(/C(C)=C/C(C)(C)C)cc1. The van der Waals surface area contributed by atoms with E-state index in [0.29, 0.717) is 0 Å². The Morgan fingerprint density at radius 1 is 1.05 bits per heavy atom. The molecule has 0 saturated carbocycles. The third-order valence-electron chi connectivity index (χ3n) is 3.71. The lowest BCUT2D eigenvalue weighted by molar-refractivity contribution is 0.437. The molecule has 0 aromatic heterocycles. The van der Waals surface area contributed by atoms with Crippen molar-refractivity contribution in [2.75, 3.05) is 0 Å². The normalized spacial score (nSPS) is 13.2. The molecule has 0 amide bonds. The van der Waals surface area contributed by atoms with Crippen molar-refractivity contribution in [3.8, 4) is 0 Å². The first kappa shape index (κ1) is 17.6. The summed E-state index contributed by atoms with van der Waals surface area (Å²) in [7, 11) is 0. The predicted octanol–water partition coefficient (Wildman–Crippen LogP) is 5.88. The van der Waals surface area contributed by atoms with Crippen LogP contribution in [0.25, 0.3) is 11.3 Å². The molecule has 21 heavy (non-hydrogen) atoms. The zero-order chi connectivity index (χ0) is 16.3. The fourth-order valence-corrected chi connectivity index (χ4v) is 2.24. The van der Waals surface area contributed by atoms with Crippen LogP contribution in [0.15, 0.2) is 36.9 Å². The number of allylic oxidation sites excluding steroid dienone is 2. The fraction of sp³-hybridized carbons (Fsp3) is 0.500. The Labute approximate surface area is 131 Å². The largest absolute Gasteiger partial charge is 0.380 e. The molecule has 1 N–H and O–H groups in total. The summed E-state index contributed by atoms with van der Waals surface area (Å²) < 4.78 is 0. The van der Waals surface area contributed by atoms with E-state index in [4.69, 9.17) is 0 Å². The van der Waals surface area contributed by atoms with Gasteiger partial charge in [0.25, 0.3) is 0 Å². The Hall–Kier alpha value is -1.50. The average Bonchev–Trinajstić information content (AvgIpc) is 2.36. The van der Waals surface area contributed by atoms with Gasteiger partial charge < -0.3 is 5.32 Å². The van der Waals surface area contributed by atoms with Crippen LogP contribution in [-0.4, -0.2) is 5.54 Å². The Morgan fingerprint density at radius 3 is 1.95 bits per heavy atom. The molecule has 0 atom stereocenters. The molecule has 0 aliphatic carbocycles. The van der Waals surface area contributed by atoms with E-state index in [1.165, 1.54) is 11.1 Å². The highest BCUT2D eigenvalue weighted by atomic mass is 15.0. The van der Waals surface area contributed by atoms with E-state index in [-0.39, 0.29) is 11.0 Å².